The van der Waals surface area contributed by atoms with Gasteiger partial charge in [-0.05, 0) is 37.5 Å². The van der Waals surface area contributed by atoms with Crippen LogP contribution < -0.4 is 4.74 Å². The number of halogens is 1. The van der Waals surface area contributed by atoms with Crippen molar-refractivity contribution in [3.05, 3.63) is 28.8 Å². The standard InChI is InChI=1S/C11H13ClO2/c1-14-10-4-3-8(12)7-9(10)11(13)5-2-6-11/h3-4,7,13H,2,5-6H2,1H3. The molecule has 0 unspecified atom stereocenters. The van der Waals surface area contributed by atoms with Crippen LogP contribution in [0, 0.1) is 0 Å². The smallest absolute Gasteiger partial charge is 0.125 e. The second kappa shape index (κ2) is 3.44. The Balaban J connectivity index is 2.43. The third kappa shape index (κ3) is 1.49. The van der Waals surface area contributed by atoms with E-state index in [1.165, 1.54) is 0 Å². The van der Waals surface area contributed by atoms with Gasteiger partial charge in [-0.1, -0.05) is 11.6 Å². The quantitative estimate of drug-likeness (QED) is 0.817. The van der Waals surface area contributed by atoms with E-state index < -0.39 is 5.60 Å². The molecular weight excluding hydrogens is 200 g/mol. The Morgan fingerprint density at radius 1 is 1.43 bits per heavy atom. The zero-order valence-corrected chi connectivity index (χ0v) is 8.84. The average molecular weight is 213 g/mol. The fourth-order valence-corrected chi connectivity index (χ4v) is 2.00. The Bertz CT molecular complexity index is 345. The van der Waals surface area contributed by atoms with E-state index >= 15 is 0 Å². The fraction of sp³-hybridized carbons (Fsp3) is 0.455. The summed E-state index contributed by atoms with van der Waals surface area (Å²) in [5.74, 6) is 0.719. The second-order valence-corrected chi connectivity index (χ2v) is 4.17. The lowest BCUT2D eigenvalue weighted by Crippen LogP contribution is -2.34. The van der Waals surface area contributed by atoms with Crippen molar-refractivity contribution in [2.75, 3.05) is 7.11 Å². The number of aliphatic hydroxyl groups is 1. The predicted molar refractivity (Wildman–Crippen MR) is 55.8 cm³/mol. The van der Waals surface area contributed by atoms with E-state index in [-0.39, 0.29) is 0 Å². The van der Waals surface area contributed by atoms with Gasteiger partial charge in [-0.2, -0.15) is 0 Å². The number of benzene rings is 1. The van der Waals surface area contributed by atoms with Crippen molar-refractivity contribution in [2.45, 2.75) is 24.9 Å². The molecule has 1 aliphatic rings. The van der Waals surface area contributed by atoms with E-state index in [0.29, 0.717) is 5.02 Å². The summed E-state index contributed by atoms with van der Waals surface area (Å²) >= 11 is 5.89. The van der Waals surface area contributed by atoms with E-state index in [1.807, 2.05) is 0 Å². The monoisotopic (exact) mass is 212 g/mol. The molecular formula is C11H13ClO2. The van der Waals surface area contributed by atoms with Gasteiger partial charge in [0.25, 0.3) is 0 Å². The molecule has 1 fully saturated rings. The van der Waals surface area contributed by atoms with Crippen LogP contribution >= 0.6 is 11.6 Å². The van der Waals surface area contributed by atoms with Crippen molar-refractivity contribution < 1.29 is 9.84 Å². The Hall–Kier alpha value is -0.730. The Morgan fingerprint density at radius 2 is 2.14 bits per heavy atom. The molecule has 0 amide bonds. The van der Waals surface area contributed by atoms with Crippen molar-refractivity contribution in [3.8, 4) is 5.75 Å². The molecule has 1 aromatic rings. The molecule has 0 atom stereocenters. The number of ether oxygens (including phenoxy) is 1. The average Bonchev–Trinajstić information content (AvgIpc) is 2.14. The molecule has 1 saturated carbocycles. The van der Waals surface area contributed by atoms with Gasteiger partial charge in [-0.15, -0.1) is 0 Å². The van der Waals surface area contributed by atoms with Crippen LogP contribution in [0.3, 0.4) is 0 Å². The van der Waals surface area contributed by atoms with Gasteiger partial charge in [0.05, 0.1) is 12.7 Å². The second-order valence-electron chi connectivity index (χ2n) is 3.73. The van der Waals surface area contributed by atoms with Crippen LogP contribution in [0.15, 0.2) is 18.2 Å². The van der Waals surface area contributed by atoms with Crippen LogP contribution in [0.2, 0.25) is 5.02 Å². The van der Waals surface area contributed by atoms with Gasteiger partial charge in [0.1, 0.15) is 5.75 Å². The van der Waals surface area contributed by atoms with E-state index in [4.69, 9.17) is 16.3 Å². The molecule has 14 heavy (non-hydrogen) atoms. The summed E-state index contributed by atoms with van der Waals surface area (Å²) in [4.78, 5) is 0. The molecule has 1 aliphatic carbocycles. The minimum atomic E-state index is -0.712. The minimum Gasteiger partial charge on any atom is -0.496 e. The number of methoxy groups -OCH3 is 1. The van der Waals surface area contributed by atoms with Crippen LogP contribution in [0.4, 0.5) is 0 Å². The first-order chi connectivity index (χ1) is 6.65. The summed E-state index contributed by atoms with van der Waals surface area (Å²) in [6, 6.07) is 5.36. The lowest BCUT2D eigenvalue weighted by atomic mass is 9.75. The lowest BCUT2D eigenvalue weighted by Gasteiger charge is -2.37. The summed E-state index contributed by atoms with van der Waals surface area (Å²) < 4.78 is 5.20. The molecule has 76 valence electrons. The molecule has 0 saturated heterocycles. The number of hydrogen-bond acceptors (Lipinski definition) is 2. The number of rotatable bonds is 2. The highest BCUT2D eigenvalue weighted by molar-refractivity contribution is 6.30. The molecule has 0 spiro atoms. The molecule has 0 aromatic heterocycles. The van der Waals surface area contributed by atoms with Gasteiger partial charge >= 0.3 is 0 Å². The third-order valence-electron chi connectivity index (χ3n) is 2.84. The van der Waals surface area contributed by atoms with E-state index in [9.17, 15) is 5.11 Å². The first-order valence-corrected chi connectivity index (χ1v) is 5.10. The maximum atomic E-state index is 10.2. The fourth-order valence-electron chi connectivity index (χ4n) is 1.82. The molecule has 1 aromatic carbocycles. The summed E-state index contributed by atoms with van der Waals surface area (Å²) in [5.41, 5.74) is 0.106. The van der Waals surface area contributed by atoms with Gasteiger partial charge in [-0.3, -0.25) is 0 Å². The van der Waals surface area contributed by atoms with Crippen LogP contribution in [-0.4, -0.2) is 12.2 Å². The SMILES string of the molecule is COc1ccc(Cl)cc1C1(O)CCC1. The largest absolute Gasteiger partial charge is 0.496 e. The molecule has 2 rings (SSSR count). The maximum absolute atomic E-state index is 10.2. The van der Waals surface area contributed by atoms with E-state index in [0.717, 1.165) is 30.6 Å². The zero-order chi connectivity index (χ0) is 10.2. The summed E-state index contributed by atoms with van der Waals surface area (Å²) in [6.45, 7) is 0. The van der Waals surface area contributed by atoms with Crippen molar-refractivity contribution in [3.63, 3.8) is 0 Å². The van der Waals surface area contributed by atoms with Crippen LogP contribution in [0.5, 0.6) is 5.75 Å². The van der Waals surface area contributed by atoms with Gasteiger partial charge in [0.2, 0.25) is 0 Å². The van der Waals surface area contributed by atoms with Crippen molar-refractivity contribution in [1.29, 1.82) is 0 Å². The zero-order valence-electron chi connectivity index (χ0n) is 8.09. The highest BCUT2D eigenvalue weighted by Gasteiger charge is 2.38. The third-order valence-corrected chi connectivity index (χ3v) is 3.08. The summed E-state index contributed by atoms with van der Waals surface area (Å²) in [7, 11) is 1.61. The van der Waals surface area contributed by atoms with Crippen molar-refractivity contribution in [2.24, 2.45) is 0 Å². The van der Waals surface area contributed by atoms with Gasteiger partial charge < -0.3 is 9.84 Å². The van der Waals surface area contributed by atoms with Crippen molar-refractivity contribution >= 4 is 11.6 Å². The van der Waals surface area contributed by atoms with E-state index in [1.54, 1.807) is 25.3 Å². The Kier molecular flexibility index (Phi) is 2.41. The summed E-state index contributed by atoms with van der Waals surface area (Å²) in [5, 5.41) is 10.8. The normalized spacial score (nSPS) is 18.8. The van der Waals surface area contributed by atoms with Crippen LogP contribution in [-0.2, 0) is 5.60 Å². The Labute approximate surface area is 88.5 Å². The predicted octanol–water partition coefficient (Wildman–Crippen LogP) is 2.72. The molecule has 3 heteroatoms. The van der Waals surface area contributed by atoms with Gasteiger partial charge in [-0.25, -0.2) is 0 Å². The topological polar surface area (TPSA) is 29.5 Å². The summed E-state index contributed by atoms with van der Waals surface area (Å²) in [6.07, 6.45) is 2.65. The molecule has 0 radical (unpaired) electrons. The van der Waals surface area contributed by atoms with E-state index in [2.05, 4.69) is 0 Å². The number of hydrogen-bond donors (Lipinski definition) is 1. The first kappa shape index (κ1) is 9.81. The van der Waals surface area contributed by atoms with Gasteiger partial charge in [0.15, 0.2) is 0 Å². The first-order valence-electron chi connectivity index (χ1n) is 4.72. The highest BCUT2D eigenvalue weighted by atomic mass is 35.5. The van der Waals surface area contributed by atoms with Gasteiger partial charge in [0, 0.05) is 10.6 Å². The molecule has 0 aliphatic heterocycles. The minimum absolute atomic E-state index is 0.640. The van der Waals surface area contributed by atoms with Crippen molar-refractivity contribution in [1.82, 2.24) is 0 Å². The molecule has 2 nitrogen and oxygen atoms in total. The highest BCUT2D eigenvalue weighted by Crippen LogP contribution is 2.45. The molecule has 0 heterocycles. The Morgan fingerprint density at radius 3 is 2.64 bits per heavy atom. The van der Waals surface area contributed by atoms with Crippen LogP contribution in [0.1, 0.15) is 24.8 Å². The maximum Gasteiger partial charge on any atom is 0.125 e. The lowest BCUT2D eigenvalue weighted by molar-refractivity contribution is -0.0404. The molecule has 0 bridgehead atoms. The van der Waals surface area contributed by atoms with Crippen LogP contribution in [0.25, 0.3) is 0 Å². The molecule has 1 N–H and O–H groups in total.